The van der Waals surface area contributed by atoms with Gasteiger partial charge in [0, 0.05) is 42.7 Å². The van der Waals surface area contributed by atoms with Gasteiger partial charge in [-0.3, -0.25) is 4.79 Å². The molecule has 3 N–H and O–H groups in total. The van der Waals surface area contributed by atoms with Crippen LogP contribution in [0, 0.1) is 5.92 Å². The first-order chi connectivity index (χ1) is 21.2. The van der Waals surface area contributed by atoms with E-state index in [1.165, 1.54) is 12.7 Å². The second-order valence-corrected chi connectivity index (χ2v) is 11.7. The fraction of sp³-hybridized carbons (Fsp3) is 0.429. The number of likely N-dealkylation sites (tertiary alicyclic amines) is 1. The summed E-state index contributed by atoms with van der Waals surface area (Å²) in [6.07, 6.45) is 2.67. The number of nitrogens with zero attached hydrogens (tertiary/aromatic N) is 1. The van der Waals surface area contributed by atoms with Crippen LogP contribution in [0.15, 0.2) is 60.7 Å². The van der Waals surface area contributed by atoms with Crippen LogP contribution >= 0.6 is 11.6 Å². The largest absolute Gasteiger partial charge is 0.496 e. The summed E-state index contributed by atoms with van der Waals surface area (Å²) in [5, 5.41) is 19.2. The number of carbonyl (C=O) groups is 2. The number of hydrogen-bond donors (Lipinski definition) is 3. The van der Waals surface area contributed by atoms with Gasteiger partial charge in [-0.05, 0) is 79.6 Å². The molecule has 0 aliphatic carbocycles. The van der Waals surface area contributed by atoms with Crippen molar-refractivity contribution in [3.63, 3.8) is 0 Å². The normalized spacial score (nSPS) is 16.2. The third-order valence-corrected chi connectivity index (χ3v) is 8.87. The van der Waals surface area contributed by atoms with E-state index < -0.39 is 11.7 Å². The molecule has 8 nitrogen and oxygen atoms in total. The van der Waals surface area contributed by atoms with Gasteiger partial charge in [-0.2, -0.15) is 0 Å². The highest BCUT2D eigenvalue weighted by atomic mass is 35.5. The number of amides is 2. The van der Waals surface area contributed by atoms with Gasteiger partial charge in [0.05, 0.1) is 25.4 Å². The van der Waals surface area contributed by atoms with Gasteiger partial charge >= 0.3 is 6.09 Å². The number of hydrogen-bond acceptors (Lipinski definition) is 6. The van der Waals surface area contributed by atoms with Crippen LogP contribution in [0.1, 0.15) is 59.7 Å². The Labute approximate surface area is 265 Å². The summed E-state index contributed by atoms with van der Waals surface area (Å²) < 4.78 is 10.3. The average molecular weight is 622 g/mol. The Morgan fingerprint density at radius 1 is 1.09 bits per heavy atom. The molecule has 0 aromatic heterocycles. The molecule has 2 amide bonds. The molecule has 3 aromatic rings. The Kier molecular flexibility index (Phi) is 11.7. The fourth-order valence-electron chi connectivity index (χ4n) is 6.25. The zero-order valence-corrected chi connectivity index (χ0v) is 26.9. The van der Waals surface area contributed by atoms with Crippen LogP contribution in [0.2, 0.25) is 5.02 Å². The van der Waals surface area contributed by atoms with Crippen LogP contribution in [0.4, 0.5) is 4.79 Å². The van der Waals surface area contributed by atoms with E-state index in [1.54, 1.807) is 7.11 Å². The minimum absolute atomic E-state index is 0.126. The van der Waals surface area contributed by atoms with Gasteiger partial charge in [0.15, 0.2) is 0 Å². The molecular formula is C35H44ClN3O5. The van der Waals surface area contributed by atoms with E-state index in [9.17, 15) is 14.7 Å². The van der Waals surface area contributed by atoms with E-state index >= 15 is 0 Å². The van der Waals surface area contributed by atoms with Gasteiger partial charge in [-0.15, -0.1) is 0 Å². The molecular weight excluding hydrogens is 578 g/mol. The summed E-state index contributed by atoms with van der Waals surface area (Å²) in [5.74, 6) is 0.126. The number of ether oxygens (including phenoxy) is 2. The topological polar surface area (TPSA) is 100 Å². The Morgan fingerprint density at radius 2 is 1.89 bits per heavy atom. The standard InChI is InChI=1S/C35H44ClN3O5/c1-5-24-10-6-11-26(20-24)32-29(13-7-14-30(32)36)35(42,17-9-18-38-34(41)44-4)27-12-8-19-39(23-27)33(40)28-16-15-25(22-37-2)21-31(28)43-3/h6-7,10-11,13-16,20-21,27,37,42H,5,8-9,12,17-19,22-23H2,1-4H3,(H,38,41). The molecule has 1 aliphatic rings. The highest BCUT2D eigenvalue weighted by molar-refractivity contribution is 6.33. The van der Waals surface area contributed by atoms with Crippen LogP contribution in [0.25, 0.3) is 11.1 Å². The zero-order chi connectivity index (χ0) is 31.7. The van der Waals surface area contributed by atoms with Crippen LogP contribution in [0.5, 0.6) is 5.75 Å². The molecule has 44 heavy (non-hydrogen) atoms. The van der Waals surface area contributed by atoms with E-state index in [4.69, 9.17) is 21.1 Å². The first-order valence-electron chi connectivity index (χ1n) is 15.3. The van der Waals surface area contributed by atoms with Crippen molar-refractivity contribution < 1.29 is 24.2 Å². The smallest absolute Gasteiger partial charge is 0.406 e. The minimum atomic E-state index is -1.33. The van der Waals surface area contributed by atoms with Crippen molar-refractivity contribution in [1.29, 1.82) is 0 Å². The van der Waals surface area contributed by atoms with Crippen molar-refractivity contribution in [3.05, 3.63) is 87.9 Å². The third kappa shape index (κ3) is 7.54. The minimum Gasteiger partial charge on any atom is -0.496 e. The van der Waals surface area contributed by atoms with E-state index in [1.807, 2.05) is 60.5 Å². The van der Waals surface area contributed by atoms with Crippen LogP contribution in [-0.2, 0) is 23.3 Å². The first-order valence-corrected chi connectivity index (χ1v) is 15.7. The van der Waals surface area contributed by atoms with E-state index in [0.717, 1.165) is 41.5 Å². The lowest BCUT2D eigenvalue weighted by Crippen LogP contribution is -2.48. The van der Waals surface area contributed by atoms with Crippen LogP contribution in [0.3, 0.4) is 0 Å². The van der Waals surface area contributed by atoms with Crippen LogP contribution < -0.4 is 15.4 Å². The summed E-state index contributed by atoms with van der Waals surface area (Å²) in [5.41, 5.74) is 3.81. The Balaban J connectivity index is 1.71. The van der Waals surface area contributed by atoms with Crippen molar-refractivity contribution >= 4 is 23.6 Å². The van der Waals surface area contributed by atoms with Gasteiger partial charge in [0.25, 0.3) is 5.91 Å². The zero-order valence-electron chi connectivity index (χ0n) is 26.1. The average Bonchev–Trinajstić information content (AvgIpc) is 3.06. The molecule has 1 fully saturated rings. The van der Waals surface area contributed by atoms with Gasteiger partial charge < -0.3 is 30.1 Å². The van der Waals surface area contributed by atoms with E-state index in [-0.39, 0.29) is 11.8 Å². The number of carbonyl (C=O) groups excluding carboxylic acids is 2. The second kappa shape index (κ2) is 15.4. The number of benzene rings is 3. The number of piperidine rings is 1. The summed E-state index contributed by atoms with van der Waals surface area (Å²) in [4.78, 5) is 27.5. The summed E-state index contributed by atoms with van der Waals surface area (Å²) in [6.45, 7) is 4.05. The van der Waals surface area contributed by atoms with Gasteiger partial charge in [-0.25, -0.2) is 4.79 Å². The molecule has 1 heterocycles. The van der Waals surface area contributed by atoms with Crippen molar-refractivity contribution in [1.82, 2.24) is 15.5 Å². The molecule has 2 atom stereocenters. The Bertz CT molecular complexity index is 1450. The molecule has 4 rings (SSSR count). The third-order valence-electron chi connectivity index (χ3n) is 8.55. The van der Waals surface area contributed by atoms with E-state index in [0.29, 0.717) is 55.4 Å². The predicted octanol–water partition coefficient (Wildman–Crippen LogP) is 6.17. The summed E-state index contributed by atoms with van der Waals surface area (Å²) >= 11 is 6.89. The lowest BCUT2D eigenvalue weighted by molar-refractivity contribution is -0.0563. The van der Waals surface area contributed by atoms with Gasteiger partial charge in [0.2, 0.25) is 0 Å². The predicted molar refractivity (Wildman–Crippen MR) is 174 cm³/mol. The lowest BCUT2D eigenvalue weighted by Gasteiger charge is -2.44. The maximum atomic E-state index is 13.9. The van der Waals surface area contributed by atoms with Crippen LogP contribution in [-0.4, -0.2) is 62.9 Å². The van der Waals surface area contributed by atoms with E-state index in [2.05, 4.69) is 29.7 Å². The van der Waals surface area contributed by atoms with Crippen molar-refractivity contribution in [3.8, 4) is 16.9 Å². The number of rotatable bonds is 12. The van der Waals surface area contributed by atoms with Gasteiger partial charge in [-0.1, -0.05) is 61.0 Å². The number of methoxy groups -OCH3 is 2. The second-order valence-electron chi connectivity index (χ2n) is 11.3. The van der Waals surface area contributed by atoms with Gasteiger partial charge in [0.1, 0.15) is 5.75 Å². The Morgan fingerprint density at radius 3 is 2.61 bits per heavy atom. The molecule has 236 valence electrons. The number of nitrogens with one attached hydrogen (secondary N) is 2. The van der Waals surface area contributed by atoms with Crippen molar-refractivity contribution in [2.45, 2.75) is 51.2 Å². The number of alkyl carbamates (subject to hydrolysis) is 1. The highest BCUT2D eigenvalue weighted by Gasteiger charge is 2.43. The summed E-state index contributed by atoms with van der Waals surface area (Å²) in [6, 6.07) is 19.5. The molecule has 1 aliphatic heterocycles. The number of aliphatic hydroxyl groups is 1. The number of aryl methyl sites for hydroxylation is 1. The molecule has 0 spiro atoms. The molecule has 2 unspecified atom stereocenters. The molecule has 0 radical (unpaired) electrons. The van der Waals surface area contributed by atoms with Crippen molar-refractivity contribution in [2.75, 3.05) is 40.9 Å². The molecule has 1 saturated heterocycles. The van der Waals surface area contributed by atoms with Crippen molar-refractivity contribution in [2.24, 2.45) is 5.92 Å². The number of halogens is 1. The molecule has 3 aromatic carbocycles. The maximum absolute atomic E-state index is 13.9. The quantitative estimate of drug-likeness (QED) is 0.209. The summed E-state index contributed by atoms with van der Waals surface area (Å²) in [7, 11) is 4.77. The Hall–Kier alpha value is -3.59. The highest BCUT2D eigenvalue weighted by Crippen LogP contribution is 2.46. The first kappa shape index (κ1) is 33.3. The lowest BCUT2D eigenvalue weighted by atomic mass is 9.72. The molecule has 9 heteroatoms. The monoisotopic (exact) mass is 621 g/mol. The molecule has 0 saturated carbocycles. The fourth-order valence-corrected chi connectivity index (χ4v) is 6.54. The molecule has 0 bridgehead atoms. The SMILES string of the molecule is CCc1cccc(-c2c(Cl)cccc2C(O)(CCCNC(=O)OC)C2CCCN(C(=O)c3ccc(CNC)cc3OC)C2)c1. The maximum Gasteiger partial charge on any atom is 0.406 e.